The number of rotatable bonds is 4. The Kier molecular flexibility index (Phi) is 5.13. The third kappa shape index (κ3) is 4.16. The molecule has 4 nitrogen and oxygen atoms in total. The van der Waals surface area contributed by atoms with Crippen LogP contribution in [0.25, 0.3) is 0 Å². The highest BCUT2D eigenvalue weighted by molar-refractivity contribution is 7.99. The second-order valence-corrected chi connectivity index (χ2v) is 5.93. The van der Waals surface area contributed by atoms with Crippen LogP contribution in [0, 0.1) is 0 Å². The van der Waals surface area contributed by atoms with Gasteiger partial charge in [-0.25, -0.2) is 0 Å². The molecule has 98 valence electrons. The van der Waals surface area contributed by atoms with Gasteiger partial charge >= 0.3 is 5.97 Å². The summed E-state index contributed by atoms with van der Waals surface area (Å²) in [5, 5.41) is 0.658. The van der Waals surface area contributed by atoms with Crippen LogP contribution in [0.3, 0.4) is 0 Å². The van der Waals surface area contributed by atoms with Crippen LogP contribution in [0.1, 0.15) is 32.1 Å². The normalized spacial score (nSPS) is 33.6. The number of esters is 1. The van der Waals surface area contributed by atoms with Crippen molar-refractivity contribution in [1.29, 1.82) is 0 Å². The molecule has 0 aliphatic carbocycles. The van der Waals surface area contributed by atoms with E-state index in [0.717, 1.165) is 6.42 Å². The highest BCUT2D eigenvalue weighted by Crippen LogP contribution is 2.31. The highest BCUT2D eigenvalue weighted by atomic mass is 32.2. The molecule has 0 aromatic heterocycles. The van der Waals surface area contributed by atoms with Gasteiger partial charge in [0.05, 0.1) is 26.2 Å². The third-order valence-corrected chi connectivity index (χ3v) is 4.59. The molecule has 0 amide bonds. The van der Waals surface area contributed by atoms with Crippen molar-refractivity contribution in [3.63, 3.8) is 0 Å². The predicted octanol–water partition coefficient (Wildman–Crippen LogP) is 1.97. The van der Waals surface area contributed by atoms with Gasteiger partial charge < -0.3 is 14.2 Å². The van der Waals surface area contributed by atoms with E-state index in [-0.39, 0.29) is 18.4 Å². The maximum absolute atomic E-state index is 11.1. The maximum Gasteiger partial charge on any atom is 0.308 e. The van der Waals surface area contributed by atoms with Crippen LogP contribution in [-0.2, 0) is 19.0 Å². The zero-order valence-electron chi connectivity index (χ0n) is 10.2. The summed E-state index contributed by atoms with van der Waals surface area (Å²) in [6.07, 6.45) is 4.90. The molecule has 0 aromatic carbocycles. The van der Waals surface area contributed by atoms with Crippen molar-refractivity contribution in [2.24, 2.45) is 0 Å². The average Bonchev–Trinajstić information content (AvgIpc) is 2.77. The fourth-order valence-corrected chi connectivity index (χ4v) is 3.55. The van der Waals surface area contributed by atoms with Gasteiger partial charge in [0.1, 0.15) is 0 Å². The number of thioether (sulfide) groups is 1. The first kappa shape index (κ1) is 13.2. The Morgan fingerprint density at radius 2 is 2.35 bits per heavy atom. The van der Waals surface area contributed by atoms with Crippen molar-refractivity contribution in [3.05, 3.63) is 0 Å². The van der Waals surface area contributed by atoms with Crippen molar-refractivity contribution >= 4 is 17.7 Å². The van der Waals surface area contributed by atoms with Gasteiger partial charge in [0.15, 0.2) is 6.29 Å². The molecule has 17 heavy (non-hydrogen) atoms. The van der Waals surface area contributed by atoms with Crippen LogP contribution in [0.4, 0.5) is 0 Å². The van der Waals surface area contributed by atoms with Gasteiger partial charge in [0.2, 0.25) is 0 Å². The van der Waals surface area contributed by atoms with Crippen molar-refractivity contribution in [1.82, 2.24) is 0 Å². The molecule has 5 heteroatoms. The topological polar surface area (TPSA) is 44.8 Å². The van der Waals surface area contributed by atoms with Gasteiger partial charge in [0.25, 0.3) is 0 Å². The van der Waals surface area contributed by atoms with E-state index < -0.39 is 0 Å². The summed E-state index contributed by atoms with van der Waals surface area (Å²) in [6.45, 7) is 0.511. The van der Waals surface area contributed by atoms with E-state index in [9.17, 15) is 4.79 Å². The Bertz CT molecular complexity index is 253. The Labute approximate surface area is 106 Å². The smallest absolute Gasteiger partial charge is 0.308 e. The van der Waals surface area contributed by atoms with E-state index in [2.05, 4.69) is 4.74 Å². The van der Waals surface area contributed by atoms with Gasteiger partial charge in [-0.15, -0.1) is 0 Å². The van der Waals surface area contributed by atoms with Gasteiger partial charge in [-0.1, -0.05) is 6.42 Å². The first-order chi connectivity index (χ1) is 8.28. The van der Waals surface area contributed by atoms with Crippen LogP contribution >= 0.6 is 11.8 Å². The lowest BCUT2D eigenvalue weighted by Crippen LogP contribution is -2.21. The second kappa shape index (κ2) is 6.61. The van der Waals surface area contributed by atoms with Crippen molar-refractivity contribution < 1.29 is 19.0 Å². The Morgan fingerprint density at radius 3 is 3.06 bits per heavy atom. The standard InChI is InChI=1S/C12H20O4S/c1-14-11(13)6-9-8-15-12(16-9)7-10-4-2-3-5-17-10/h9-10,12H,2-8H2,1H3. The lowest BCUT2D eigenvalue weighted by atomic mass is 10.1. The SMILES string of the molecule is COC(=O)CC1COC(CC2CCCCS2)O1. The molecular weight excluding hydrogens is 240 g/mol. The van der Waals surface area contributed by atoms with E-state index in [1.807, 2.05) is 11.8 Å². The van der Waals surface area contributed by atoms with Crippen LogP contribution < -0.4 is 0 Å². The van der Waals surface area contributed by atoms with Crippen molar-refractivity contribution in [2.75, 3.05) is 19.5 Å². The van der Waals surface area contributed by atoms with Gasteiger partial charge in [-0.3, -0.25) is 4.79 Å². The summed E-state index contributed by atoms with van der Waals surface area (Å²) in [4.78, 5) is 11.1. The summed E-state index contributed by atoms with van der Waals surface area (Å²) in [6, 6.07) is 0. The zero-order valence-corrected chi connectivity index (χ0v) is 11.0. The Morgan fingerprint density at radius 1 is 1.47 bits per heavy atom. The zero-order chi connectivity index (χ0) is 12.1. The van der Waals surface area contributed by atoms with Crippen molar-refractivity contribution in [3.8, 4) is 0 Å². The quantitative estimate of drug-likeness (QED) is 0.723. The van der Waals surface area contributed by atoms with E-state index in [0.29, 0.717) is 18.3 Å². The maximum atomic E-state index is 11.1. The lowest BCUT2D eigenvalue weighted by molar-refractivity contribution is -0.143. The fourth-order valence-electron chi connectivity index (χ4n) is 2.22. The number of hydrogen-bond donors (Lipinski definition) is 0. The first-order valence-electron chi connectivity index (χ1n) is 6.23. The van der Waals surface area contributed by atoms with Gasteiger partial charge in [-0.2, -0.15) is 11.8 Å². The summed E-state index contributed by atoms with van der Waals surface area (Å²) in [7, 11) is 1.40. The minimum absolute atomic E-state index is 0.124. The lowest BCUT2D eigenvalue weighted by Gasteiger charge is -2.23. The summed E-state index contributed by atoms with van der Waals surface area (Å²) >= 11 is 2.02. The Hall–Kier alpha value is -0.260. The molecule has 2 rings (SSSR count). The number of carbonyl (C=O) groups is 1. The average molecular weight is 260 g/mol. The van der Waals surface area contributed by atoms with Crippen LogP contribution in [-0.4, -0.2) is 43.1 Å². The van der Waals surface area contributed by atoms with Crippen LogP contribution in [0.15, 0.2) is 0 Å². The molecule has 0 bridgehead atoms. The molecule has 3 atom stereocenters. The minimum atomic E-state index is -0.230. The number of hydrogen-bond acceptors (Lipinski definition) is 5. The molecule has 2 saturated heterocycles. The van der Waals surface area contributed by atoms with E-state index >= 15 is 0 Å². The second-order valence-electron chi connectivity index (χ2n) is 4.53. The third-order valence-electron chi connectivity index (χ3n) is 3.16. The van der Waals surface area contributed by atoms with E-state index in [4.69, 9.17) is 9.47 Å². The van der Waals surface area contributed by atoms with Gasteiger partial charge in [0, 0.05) is 11.7 Å². The molecule has 2 aliphatic heterocycles. The summed E-state index contributed by atoms with van der Waals surface area (Å²) < 4.78 is 15.9. The first-order valence-corrected chi connectivity index (χ1v) is 7.28. The number of carbonyl (C=O) groups excluding carboxylic acids is 1. The molecule has 0 radical (unpaired) electrons. The molecule has 2 aliphatic rings. The molecule has 0 spiro atoms. The van der Waals surface area contributed by atoms with Crippen molar-refractivity contribution in [2.45, 2.75) is 49.7 Å². The fraction of sp³-hybridized carbons (Fsp3) is 0.917. The van der Waals surface area contributed by atoms with E-state index in [1.54, 1.807) is 0 Å². The van der Waals surface area contributed by atoms with Gasteiger partial charge in [-0.05, 0) is 18.6 Å². The molecule has 0 saturated carbocycles. The largest absolute Gasteiger partial charge is 0.469 e. The minimum Gasteiger partial charge on any atom is -0.469 e. The molecule has 2 fully saturated rings. The number of ether oxygens (including phenoxy) is 3. The molecular formula is C12H20O4S. The summed E-state index contributed by atoms with van der Waals surface area (Å²) in [5.41, 5.74) is 0. The predicted molar refractivity (Wildman–Crippen MR) is 66.0 cm³/mol. The molecule has 2 heterocycles. The van der Waals surface area contributed by atoms with E-state index in [1.165, 1.54) is 32.1 Å². The molecule has 0 aromatic rings. The monoisotopic (exact) mass is 260 g/mol. The number of methoxy groups -OCH3 is 1. The Balaban J connectivity index is 1.68. The van der Waals surface area contributed by atoms with Crippen LogP contribution in [0.5, 0.6) is 0 Å². The molecule has 3 unspecified atom stereocenters. The molecule has 0 N–H and O–H groups in total. The summed E-state index contributed by atoms with van der Waals surface area (Å²) in [5.74, 6) is 1.02. The van der Waals surface area contributed by atoms with Crippen LogP contribution in [0.2, 0.25) is 0 Å². The highest BCUT2D eigenvalue weighted by Gasteiger charge is 2.30.